The van der Waals surface area contributed by atoms with Crippen molar-refractivity contribution in [2.24, 2.45) is 17.8 Å². The van der Waals surface area contributed by atoms with Gasteiger partial charge >= 0.3 is 0 Å². The molecule has 2 atom stereocenters. The molecule has 0 saturated heterocycles. The summed E-state index contributed by atoms with van der Waals surface area (Å²) < 4.78 is 5.55. The Morgan fingerprint density at radius 2 is 1.59 bits per heavy atom. The van der Waals surface area contributed by atoms with E-state index >= 15 is 0 Å². The SMILES string of the molecule is C=C(CO)CC1CCCC(COSCC)C1.CCC(C)C.c1ccccc1. The quantitative estimate of drug-likeness (QED) is 0.288. The highest BCUT2D eigenvalue weighted by atomic mass is 32.2. The van der Waals surface area contributed by atoms with E-state index in [1.165, 1.54) is 32.1 Å². The first-order valence-corrected chi connectivity index (χ1v) is 11.5. The predicted molar refractivity (Wildman–Crippen MR) is 122 cm³/mol. The molecule has 2 rings (SSSR count). The minimum Gasteiger partial charge on any atom is -0.392 e. The van der Waals surface area contributed by atoms with Crippen molar-refractivity contribution in [3.63, 3.8) is 0 Å². The topological polar surface area (TPSA) is 29.5 Å². The third-order valence-corrected chi connectivity index (χ3v) is 5.22. The van der Waals surface area contributed by atoms with E-state index in [2.05, 4.69) is 34.3 Å². The second-order valence-corrected chi connectivity index (χ2v) is 8.71. The fourth-order valence-corrected chi connectivity index (χ4v) is 3.28. The molecule has 1 aliphatic carbocycles. The van der Waals surface area contributed by atoms with Gasteiger partial charge in [-0.1, -0.05) is 95.5 Å². The molecule has 2 unspecified atom stereocenters. The van der Waals surface area contributed by atoms with Crippen molar-refractivity contribution in [2.45, 2.75) is 66.2 Å². The molecule has 0 radical (unpaired) electrons. The summed E-state index contributed by atoms with van der Waals surface area (Å²) in [4.78, 5) is 0. The van der Waals surface area contributed by atoms with E-state index in [4.69, 9.17) is 9.29 Å². The van der Waals surface area contributed by atoms with E-state index in [0.29, 0.717) is 11.8 Å². The lowest BCUT2D eigenvalue weighted by atomic mass is 9.79. The van der Waals surface area contributed by atoms with Gasteiger partial charge in [0.15, 0.2) is 0 Å². The third kappa shape index (κ3) is 17.1. The molecule has 1 aromatic rings. The second-order valence-electron chi connectivity index (χ2n) is 7.66. The molecule has 0 spiro atoms. The minimum atomic E-state index is 0.142. The average molecular weight is 395 g/mol. The van der Waals surface area contributed by atoms with Crippen molar-refractivity contribution in [1.82, 2.24) is 0 Å². The van der Waals surface area contributed by atoms with Crippen molar-refractivity contribution in [3.05, 3.63) is 48.6 Å². The first kappa shape index (κ1) is 26.2. The van der Waals surface area contributed by atoms with Crippen molar-refractivity contribution >= 4 is 12.0 Å². The molecular weight excluding hydrogens is 352 g/mol. The molecule has 0 amide bonds. The number of aliphatic hydroxyl groups is 1. The van der Waals surface area contributed by atoms with Crippen LogP contribution in [0.15, 0.2) is 48.6 Å². The highest BCUT2D eigenvalue weighted by Crippen LogP contribution is 2.33. The van der Waals surface area contributed by atoms with Crippen molar-refractivity contribution in [2.75, 3.05) is 19.0 Å². The fraction of sp³-hybridized carbons (Fsp3) is 0.667. The molecule has 1 saturated carbocycles. The Bertz CT molecular complexity index is 407. The van der Waals surface area contributed by atoms with Crippen LogP contribution in [0.4, 0.5) is 0 Å². The Morgan fingerprint density at radius 3 is 2.04 bits per heavy atom. The standard InChI is InChI=1S/C13H24O2S.C6H6.C5H12/c1-3-16-15-10-13-6-4-5-12(8-13)7-11(2)9-14;1-2-4-6-5-3-1;1-4-5(2)3/h12-14H,2-10H2,1H3;1-6H;5H,4H2,1-3H3. The van der Waals surface area contributed by atoms with E-state index in [1.54, 1.807) is 12.0 Å². The Morgan fingerprint density at radius 1 is 1.07 bits per heavy atom. The van der Waals surface area contributed by atoms with E-state index in [0.717, 1.165) is 30.3 Å². The van der Waals surface area contributed by atoms with Crippen LogP contribution in [-0.2, 0) is 4.18 Å². The first-order valence-electron chi connectivity index (χ1n) is 10.5. The van der Waals surface area contributed by atoms with Crippen molar-refractivity contribution in [1.29, 1.82) is 0 Å². The van der Waals surface area contributed by atoms with Crippen LogP contribution in [0.2, 0.25) is 0 Å². The number of aliphatic hydroxyl groups excluding tert-OH is 1. The summed E-state index contributed by atoms with van der Waals surface area (Å²) in [6.07, 6.45) is 7.42. The summed E-state index contributed by atoms with van der Waals surface area (Å²) in [5.74, 6) is 3.34. The van der Waals surface area contributed by atoms with E-state index in [-0.39, 0.29) is 6.61 Å². The zero-order valence-corrected chi connectivity index (χ0v) is 18.8. The summed E-state index contributed by atoms with van der Waals surface area (Å²) in [7, 11) is 0. The van der Waals surface area contributed by atoms with Gasteiger partial charge in [0, 0.05) is 5.75 Å². The number of hydrogen-bond donors (Lipinski definition) is 1. The highest BCUT2D eigenvalue weighted by Gasteiger charge is 2.22. The molecule has 1 aromatic carbocycles. The number of hydrogen-bond acceptors (Lipinski definition) is 3. The third-order valence-electron chi connectivity index (χ3n) is 4.68. The molecule has 0 bridgehead atoms. The van der Waals surface area contributed by atoms with Crippen LogP contribution in [0.25, 0.3) is 0 Å². The van der Waals surface area contributed by atoms with Gasteiger partial charge in [-0.15, -0.1) is 0 Å². The monoisotopic (exact) mass is 394 g/mol. The zero-order chi connectivity index (χ0) is 20.3. The van der Waals surface area contributed by atoms with Crippen LogP contribution >= 0.6 is 12.0 Å². The van der Waals surface area contributed by atoms with Crippen LogP contribution in [0.3, 0.4) is 0 Å². The van der Waals surface area contributed by atoms with Gasteiger partial charge in [-0.2, -0.15) is 0 Å². The van der Waals surface area contributed by atoms with E-state index in [9.17, 15) is 0 Å². The first-order chi connectivity index (χ1) is 13.0. The lowest BCUT2D eigenvalue weighted by Crippen LogP contribution is -2.19. The normalized spacial score (nSPS) is 18.7. The lowest BCUT2D eigenvalue weighted by Gasteiger charge is -2.29. The molecule has 0 heterocycles. The molecule has 1 fully saturated rings. The summed E-state index contributed by atoms with van der Waals surface area (Å²) in [5, 5.41) is 8.98. The maximum Gasteiger partial charge on any atom is 0.0642 e. The Hall–Kier alpha value is -0.770. The van der Waals surface area contributed by atoms with Crippen LogP contribution in [0.5, 0.6) is 0 Å². The van der Waals surface area contributed by atoms with E-state index < -0.39 is 0 Å². The summed E-state index contributed by atoms with van der Waals surface area (Å²) in [6.45, 7) is 13.7. The molecule has 1 aliphatic rings. The van der Waals surface area contributed by atoms with Crippen LogP contribution in [0, 0.1) is 17.8 Å². The van der Waals surface area contributed by atoms with Gasteiger partial charge < -0.3 is 9.29 Å². The van der Waals surface area contributed by atoms with Gasteiger partial charge in [0.25, 0.3) is 0 Å². The summed E-state index contributed by atoms with van der Waals surface area (Å²) in [5.41, 5.74) is 0.981. The molecule has 0 aromatic heterocycles. The zero-order valence-electron chi connectivity index (χ0n) is 18.0. The molecule has 0 aliphatic heterocycles. The molecular formula is C24H42O2S. The largest absolute Gasteiger partial charge is 0.392 e. The average Bonchev–Trinajstić information content (AvgIpc) is 2.70. The van der Waals surface area contributed by atoms with Gasteiger partial charge in [0.2, 0.25) is 0 Å². The van der Waals surface area contributed by atoms with Gasteiger partial charge in [-0.3, -0.25) is 0 Å². The van der Waals surface area contributed by atoms with Gasteiger partial charge in [0.1, 0.15) is 0 Å². The van der Waals surface area contributed by atoms with E-state index in [1.807, 2.05) is 36.4 Å². The van der Waals surface area contributed by atoms with Crippen LogP contribution in [0.1, 0.15) is 66.2 Å². The van der Waals surface area contributed by atoms with Crippen LogP contribution < -0.4 is 0 Å². The number of benzene rings is 1. The number of rotatable bonds is 8. The second kappa shape index (κ2) is 18.6. The van der Waals surface area contributed by atoms with Gasteiger partial charge in [0.05, 0.1) is 13.2 Å². The van der Waals surface area contributed by atoms with Crippen LogP contribution in [-0.4, -0.2) is 24.1 Å². The smallest absolute Gasteiger partial charge is 0.0642 e. The fourth-order valence-electron chi connectivity index (χ4n) is 2.82. The Balaban J connectivity index is 0.000000500. The molecule has 2 nitrogen and oxygen atoms in total. The molecule has 3 heteroatoms. The van der Waals surface area contributed by atoms with Gasteiger partial charge in [-0.25, -0.2) is 0 Å². The van der Waals surface area contributed by atoms with Gasteiger partial charge in [-0.05, 0) is 49.1 Å². The van der Waals surface area contributed by atoms with Crippen molar-refractivity contribution < 1.29 is 9.29 Å². The Kier molecular flexibility index (Phi) is 18.1. The molecule has 1 N–H and O–H groups in total. The maximum absolute atomic E-state index is 8.98. The molecule has 156 valence electrons. The Labute approximate surface area is 173 Å². The van der Waals surface area contributed by atoms with Crippen molar-refractivity contribution in [3.8, 4) is 0 Å². The summed E-state index contributed by atoms with van der Waals surface area (Å²) >= 11 is 1.56. The highest BCUT2D eigenvalue weighted by molar-refractivity contribution is 7.94. The summed E-state index contributed by atoms with van der Waals surface area (Å²) in [6, 6.07) is 12.0. The molecule has 27 heavy (non-hydrogen) atoms. The lowest BCUT2D eigenvalue weighted by molar-refractivity contribution is 0.190. The predicted octanol–water partition coefficient (Wildman–Crippen LogP) is 7.16. The minimum absolute atomic E-state index is 0.142. The maximum atomic E-state index is 8.98.